The van der Waals surface area contributed by atoms with Crippen molar-refractivity contribution < 1.29 is 9.13 Å². The third-order valence-electron chi connectivity index (χ3n) is 2.86. The van der Waals surface area contributed by atoms with Crippen LogP contribution >= 0.6 is 0 Å². The zero-order valence-corrected chi connectivity index (χ0v) is 8.79. The topological polar surface area (TPSA) is 34.1 Å². The number of ether oxygens (including phenoxy) is 1. The van der Waals surface area contributed by atoms with Crippen LogP contribution in [-0.4, -0.2) is 25.2 Å². The van der Waals surface area contributed by atoms with Gasteiger partial charge in [-0.25, -0.2) is 4.39 Å². The molecule has 1 saturated heterocycles. The zero-order chi connectivity index (χ0) is 10.7. The van der Waals surface area contributed by atoms with Crippen molar-refractivity contribution in [2.45, 2.75) is 18.5 Å². The highest BCUT2D eigenvalue weighted by molar-refractivity contribution is 5.28. The number of hydrogen-bond acceptors (Lipinski definition) is 3. The summed E-state index contributed by atoms with van der Waals surface area (Å²) in [4.78, 5) is 3.99. The molecular formula is C11H15FN2O. The summed E-state index contributed by atoms with van der Waals surface area (Å²) in [5.74, 6) is 0.614. The predicted octanol–water partition coefficient (Wildman–Crippen LogP) is 1.64. The zero-order valence-electron chi connectivity index (χ0n) is 8.79. The number of hydrogen-bond donors (Lipinski definition) is 1. The average Bonchev–Trinajstić information content (AvgIpc) is 2.30. The number of nitrogens with zero attached hydrogens (tertiary/aromatic N) is 1. The molecule has 1 aromatic rings. The van der Waals surface area contributed by atoms with Gasteiger partial charge in [0, 0.05) is 11.8 Å². The minimum Gasteiger partial charge on any atom is -0.495 e. The highest BCUT2D eigenvalue weighted by Crippen LogP contribution is 2.35. The molecule has 15 heavy (non-hydrogen) atoms. The van der Waals surface area contributed by atoms with Gasteiger partial charge in [-0.15, -0.1) is 0 Å². The molecule has 0 bridgehead atoms. The van der Waals surface area contributed by atoms with E-state index in [0.717, 1.165) is 0 Å². The van der Waals surface area contributed by atoms with Gasteiger partial charge >= 0.3 is 0 Å². The maximum atomic E-state index is 14.5. The van der Waals surface area contributed by atoms with Crippen molar-refractivity contribution in [2.24, 2.45) is 0 Å². The maximum absolute atomic E-state index is 14.5. The maximum Gasteiger partial charge on any atom is 0.140 e. The van der Waals surface area contributed by atoms with Crippen LogP contribution in [0.1, 0.15) is 18.4 Å². The van der Waals surface area contributed by atoms with Crippen molar-refractivity contribution in [2.75, 3.05) is 20.2 Å². The first-order valence-corrected chi connectivity index (χ1v) is 5.14. The molecule has 0 amide bonds. The van der Waals surface area contributed by atoms with Crippen molar-refractivity contribution in [1.82, 2.24) is 10.3 Å². The molecule has 1 aliphatic rings. The van der Waals surface area contributed by atoms with Crippen LogP contribution in [0.3, 0.4) is 0 Å². The quantitative estimate of drug-likeness (QED) is 0.805. The minimum absolute atomic E-state index is 0.502. The van der Waals surface area contributed by atoms with Gasteiger partial charge in [0.2, 0.25) is 0 Å². The van der Waals surface area contributed by atoms with Crippen LogP contribution in [-0.2, 0) is 5.67 Å². The molecule has 4 heteroatoms. The second-order valence-corrected chi connectivity index (χ2v) is 3.83. The molecule has 0 atom stereocenters. The number of pyridine rings is 1. The molecular weight excluding hydrogens is 195 g/mol. The van der Waals surface area contributed by atoms with Gasteiger partial charge in [-0.2, -0.15) is 0 Å². The van der Waals surface area contributed by atoms with Crippen molar-refractivity contribution in [1.29, 1.82) is 0 Å². The summed E-state index contributed by atoms with van der Waals surface area (Å²) in [5, 5.41) is 3.15. The molecule has 0 spiro atoms. The van der Waals surface area contributed by atoms with Gasteiger partial charge in [0.05, 0.1) is 13.3 Å². The molecule has 0 unspecified atom stereocenters. The van der Waals surface area contributed by atoms with Crippen molar-refractivity contribution in [3.63, 3.8) is 0 Å². The van der Waals surface area contributed by atoms with Gasteiger partial charge in [-0.1, -0.05) is 0 Å². The van der Waals surface area contributed by atoms with E-state index in [1.807, 2.05) is 0 Å². The van der Waals surface area contributed by atoms with Crippen LogP contribution in [0.5, 0.6) is 5.75 Å². The molecule has 0 radical (unpaired) electrons. The molecule has 1 aliphatic heterocycles. The Morgan fingerprint density at radius 3 is 2.80 bits per heavy atom. The van der Waals surface area contributed by atoms with Gasteiger partial charge in [-0.05, 0) is 32.0 Å². The standard InChI is InChI=1S/C11H15FN2O/c1-15-10-6-9(7-14-8-10)11(12)2-4-13-5-3-11/h6-8,13H,2-5H2,1H3. The van der Waals surface area contributed by atoms with Gasteiger partial charge in [0.15, 0.2) is 0 Å². The summed E-state index contributed by atoms with van der Waals surface area (Å²) in [6.45, 7) is 1.43. The Hall–Kier alpha value is -1.16. The molecule has 1 N–H and O–H groups in total. The lowest BCUT2D eigenvalue weighted by atomic mass is 9.88. The molecule has 2 rings (SSSR count). The molecule has 1 aromatic heterocycles. The molecule has 0 aromatic carbocycles. The number of alkyl halides is 1. The number of aromatic nitrogens is 1. The molecule has 3 nitrogen and oxygen atoms in total. The Labute approximate surface area is 88.7 Å². The minimum atomic E-state index is -1.24. The summed E-state index contributed by atoms with van der Waals surface area (Å²) < 4.78 is 19.5. The van der Waals surface area contributed by atoms with Crippen LogP contribution in [0.25, 0.3) is 0 Å². The molecule has 0 aliphatic carbocycles. The van der Waals surface area contributed by atoms with Gasteiger partial charge in [0.25, 0.3) is 0 Å². The number of piperidine rings is 1. The van der Waals surface area contributed by atoms with Gasteiger partial charge < -0.3 is 10.1 Å². The van der Waals surface area contributed by atoms with Crippen molar-refractivity contribution in [3.05, 3.63) is 24.0 Å². The summed E-state index contributed by atoms with van der Waals surface area (Å²) in [6.07, 6.45) is 4.19. The Balaban J connectivity index is 2.26. The second-order valence-electron chi connectivity index (χ2n) is 3.83. The SMILES string of the molecule is COc1cncc(C2(F)CCNCC2)c1. The van der Waals surface area contributed by atoms with Gasteiger partial charge in [-0.3, -0.25) is 4.98 Å². The van der Waals surface area contributed by atoms with E-state index < -0.39 is 5.67 Å². The normalized spacial score (nSPS) is 19.9. The summed E-state index contributed by atoms with van der Waals surface area (Å²) in [6, 6.07) is 1.73. The molecule has 82 valence electrons. The monoisotopic (exact) mass is 210 g/mol. The Morgan fingerprint density at radius 2 is 2.13 bits per heavy atom. The number of rotatable bonds is 2. The fraction of sp³-hybridized carbons (Fsp3) is 0.545. The van der Waals surface area contributed by atoms with Crippen LogP contribution in [0.15, 0.2) is 18.5 Å². The van der Waals surface area contributed by atoms with Crippen molar-refractivity contribution in [3.8, 4) is 5.75 Å². The van der Waals surface area contributed by atoms with Crippen LogP contribution in [0, 0.1) is 0 Å². The lowest BCUT2D eigenvalue weighted by molar-refractivity contribution is 0.114. The molecule has 1 fully saturated rings. The van der Waals surface area contributed by atoms with E-state index in [0.29, 0.717) is 37.2 Å². The van der Waals surface area contributed by atoms with E-state index in [-0.39, 0.29) is 0 Å². The predicted molar refractivity (Wildman–Crippen MR) is 55.7 cm³/mol. The Bertz CT molecular complexity index is 337. The number of nitrogens with one attached hydrogen (secondary N) is 1. The second kappa shape index (κ2) is 4.14. The van der Waals surface area contributed by atoms with E-state index in [2.05, 4.69) is 10.3 Å². The van der Waals surface area contributed by atoms with E-state index in [1.165, 1.54) is 0 Å². The first kappa shape index (κ1) is 10.4. The highest BCUT2D eigenvalue weighted by Gasteiger charge is 2.34. The molecule has 0 saturated carbocycles. The third kappa shape index (κ3) is 2.09. The molecule has 2 heterocycles. The van der Waals surface area contributed by atoms with Crippen LogP contribution in [0.4, 0.5) is 4.39 Å². The number of methoxy groups -OCH3 is 1. The van der Waals surface area contributed by atoms with E-state index in [9.17, 15) is 4.39 Å². The summed E-state index contributed by atoms with van der Waals surface area (Å²) >= 11 is 0. The van der Waals surface area contributed by atoms with Gasteiger partial charge in [0.1, 0.15) is 11.4 Å². The smallest absolute Gasteiger partial charge is 0.140 e. The first-order chi connectivity index (χ1) is 7.24. The highest BCUT2D eigenvalue weighted by atomic mass is 19.1. The van der Waals surface area contributed by atoms with E-state index in [4.69, 9.17) is 4.74 Å². The van der Waals surface area contributed by atoms with Crippen molar-refractivity contribution >= 4 is 0 Å². The fourth-order valence-electron chi connectivity index (χ4n) is 1.89. The third-order valence-corrected chi connectivity index (χ3v) is 2.86. The Kier molecular flexibility index (Phi) is 2.86. The Morgan fingerprint density at radius 1 is 1.40 bits per heavy atom. The largest absolute Gasteiger partial charge is 0.495 e. The lowest BCUT2D eigenvalue weighted by Gasteiger charge is -2.30. The fourth-order valence-corrected chi connectivity index (χ4v) is 1.89. The lowest BCUT2D eigenvalue weighted by Crippen LogP contribution is -2.36. The summed E-state index contributed by atoms with van der Waals surface area (Å²) in [7, 11) is 1.56. The van der Waals surface area contributed by atoms with E-state index >= 15 is 0 Å². The average molecular weight is 210 g/mol. The first-order valence-electron chi connectivity index (χ1n) is 5.14. The summed E-state index contributed by atoms with van der Waals surface area (Å²) in [5.41, 5.74) is -0.615. The number of halogens is 1. The van der Waals surface area contributed by atoms with Crippen LogP contribution in [0.2, 0.25) is 0 Å². The van der Waals surface area contributed by atoms with E-state index in [1.54, 1.807) is 25.6 Å². The van der Waals surface area contributed by atoms with Crippen LogP contribution < -0.4 is 10.1 Å².